The van der Waals surface area contributed by atoms with E-state index in [0.29, 0.717) is 17.4 Å². The minimum absolute atomic E-state index is 0.0115. The normalized spacial score (nSPS) is 13.8. The average Bonchev–Trinajstić information content (AvgIpc) is 3.23. The summed E-state index contributed by atoms with van der Waals surface area (Å²) < 4.78 is 34.2. The lowest BCUT2D eigenvalue weighted by Crippen LogP contribution is -2.37. The van der Waals surface area contributed by atoms with Crippen molar-refractivity contribution < 1.29 is 42.1 Å². The van der Waals surface area contributed by atoms with Crippen molar-refractivity contribution in [2.45, 2.75) is 225 Å². The smallest absolute Gasteiger partial charge is 0.458 e. The molecule has 1 unspecified atom stereocenters. The van der Waals surface area contributed by atoms with Gasteiger partial charge in [-0.1, -0.05) is 204 Å². The molecule has 0 amide bonds. The Balaban J connectivity index is 4.37. The molecule has 2 atom stereocenters. The van der Waals surface area contributed by atoms with Gasteiger partial charge in [0.15, 0.2) is 6.10 Å². The number of carbonyl (C=O) groups excluding carboxylic acids is 2. The maximum Gasteiger partial charge on any atom is 0.472 e. The van der Waals surface area contributed by atoms with Crippen LogP contribution < -0.4 is 0 Å². The molecule has 0 aromatic heterocycles. The lowest BCUT2D eigenvalue weighted by molar-refractivity contribution is -0.870. The van der Waals surface area contributed by atoms with E-state index in [4.69, 9.17) is 18.5 Å². The Labute approximate surface area is 382 Å². The molecule has 362 valence electrons. The maximum absolute atomic E-state index is 12.7. The van der Waals surface area contributed by atoms with E-state index in [-0.39, 0.29) is 19.6 Å². The molecule has 0 spiro atoms. The van der Waals surface area contributed by atoms with Crippen molar-refractivity contribution in [1.82, 2.24) is 0 Å². The summed E-state index contributed by atoms with van der Waals surface area (Å²) in [5.74, 6) is -1.10. The van der Waals surface area contributed by atoms with Gasteiger partial charge in [0, 0.05) is 12.5 Å². The van der Waals surface area contributed by atoms with Crippen LogP contribution in [0, 0.1) is 0 Å². The molecular formula is C52H97NO8P+. The summed E-state index contributed by atoms with van der Waals surface area (Å²) >= 11 is 0. The number of esters is 2. The third kappa shape index (κ3) is 47.4. The van der Waals surface area contributed by atoms with Crippen molar-refractivity contribution in [3.8, 4) is 0 Å². The van der Waals surface area contributed by atoms with Gasteiger partial charge >= 0.3 is 19.8 Å². The minimum atomic E-state index is -4.41. The second-order valence-electron chi connectivity index (χ2n) is 18.3. The van der Waals surface area contributed by atoms with E-state index in [2.05, 4.69) is 38.2 Å². The van der Waals surface area contributed by atoms with Gasteiger partial charge < -0.3 is 18.9 Å². The van der Waals surface area contributed by atoms with Gasteiger partial charge in [0.25, 0.3) is 0 Å². The number of phosphoric acid groups is 1. The van der Waals surface area contributed by atoms with Crippen LogP contribution in [0.25, 0.3) is 0 Å². The molecule has 0 aromatic rings. The average molecular weight is 895 g/mol. The number of ether oxygens (including phenoxy) is 2. The van der Waals surface area contributed by atoms with Crippen molar-refractivity contribution in [3.63, 3.8) is 0 Å². The van der Waals surface area contributed by atoms with E-state index in [0.717, 1.165) is 38.5 Å². The molecule has 0 rings (SSSR count). The van der Waals surface area contributed by atoms with Crippen LogP contribution >= 0.6 is 7.82 Å². The quantitative estimate of drug-likeness (QED) is 0.0122. The number of unbranched alkanes of at least 4 members (excludes halogenated alkanes) is 27. The number of rotatable bonds is 46. The standard InChI is InChI=1S/C52H96NO8P/c1-6-8-10-12-14-16-18-20-22-23-24-25-26-27-28-29-31-33-35-37-39-41-43-45-52(55)61-50(49-60-62(56,57)59-47-46-53(3,4)5)48-58-51(54)44-42-40-38-36-34-32-30-21-19-17-15-13-11-9-7-2/h29,31,37-40,42,44,50H,6-28,30,32-36,41,43,45-49H2,1-5H3/p+1/b31-29+,39-37+,40-38+,44-42+/t50-/m1/s1. The van der Waals surface area contributed by atoms with Crippen molar-refractivity contribution in [2.24, 2.45) is 0 Å². The monoisotopic (exact) mass is 895 g/mol. The molecule has 0 saturated heterocycles. The summed E-state index contributed by atoms with van der Waals surface area (Å²) in [6.45, 7) is 4.27. The predicted molar refractivity (Wildman–Crippen MR) is 261 cm³/mol. The second-order valence-corrected chi connectivity index (χ2v) is 19.7. The highest BCUT2D eigenvalue weighted by Gasteiger charge is 2.26. The van der Waals surface area contributed by atoms with Crippen LogP contribution in [0.2, 0.25) is 0 Å². The van der Waals surface area contributed by atoms with Crippen LogP contribution in [0.5, 0.6) is 0 Å². The highest BCUT2D eigenvalue weighted by Crippen LogP contribution is 2.43. The first-order chi connectivity index (χ1) is 30.0. The van der Waals surface area contributed by atoms with Crippen LogP contribution in [0.1, 0.15) is 219 Å². The van der Waals surface area contributed by atoms with E-state index in [9.17, 15) is 19.0 Å². The lowest BCUT2D eigenvalue weighted by Gasteiger charge is -2.24. The molecule has 62 heavy (non-hydrogen) atoms. The molecule has 0 aliphatic carbocycles. The largest absolute Gasteiger partial charge is 0.472 e. The Hall–Kier alpha value is -2.03. The van der Waals surface area contributed by atoms with E-state index in [1.54, 1.807) is 6.08 Å². The summed E-state index contributed by atoms with van der Waals surface area (Å²) in [4.78, 5) is 35.3. The molecule has 0 radical (unpaired) electrons. The van der Waals surface area contributed by atoms with Crippen molar-refractivity contribution in [2.75, 3.05) is 47.5 Å². The first-order valence-corrected chi connectivity index (χ1v) is 26.9. The first kappa shape index (κ1) is 60.0. The van der Waals surface area contributed by atoms with Gasteiger partial charge in [-0.15, -0.1) is 0 Å². The number of nitrogens with zero attached hydrogens (tertiary/aromatic N) is 1. The molecule has 1 N–H and O–H groups in total. The van der Waals surface area contributed by atoms with Crippen LogP contribution in [-0.4, -0.2) is 74.9 Å². The molecule has 0 bridgehead atoms. The fraction of sp³-hybridized carbons (Fsp3) is 0.808. The number of hydrogen-bond acceptors (Lipinski definition) is 7. The van der Waals surface area contributed by atoms with Crippen molar-refractivity contribution >= 4 is 19.8 Å². The van der Waals surface area contributed by atoms with Gasteiger partial charge in [-0.2, -0.15) is 0 Å². The van der Waals surface area contributed by atoms with Crippen LogP contribution in [0.3, 0.4) is 0 Å². The molecule has 9 nitrogen and oxygen atoms in total. The van der Waals surface area contributed by atoms with E-state index in [1.807, 2.05) is 33.3 Å². The van der Waals surface area contributed by atoms with Crippen molar-refractivity contribution in [3.05, 3.63) is 48.6 Å². The summed E-state index contributed by atoms with van der Waals surface area (Å²) in [7, 11) is 1.41. The fourth-order valence-electron chi connectivity index (χ4n) is 6.95. The Bertz CT molecular complexity index is 1190. The van der Waals surface area contributed by atoms with Crippen molar-refractivity contribution in [1.29, 1.82) is 0 Å². The van der Waals surface area contributed by atoms with Gasteiger partial charge in [0.05, 0.1) is 27.7 Å². The van der Waals surface area contributed by atoms with Crippen LogP contribution in [0.4, 0.5) is 0 Å². The second kappa shape index (κ2) is 44.2. The predicted octanol–water partition coefficient (Wildman–Crippen LogP) is 15.0. The van der Waals surface area contributed by atoms with Gasteiger partial charge in [-0.25, -0.2) is 9.36 Å². The summed E-state index contributed by atoms with van der Waals surface area (Å²) in [6.07, 6.45) is 53.9. The highest BCUT2D eigenvalue weighted by atomic mass is 31.2. The summed E-state index contributed by atoms with van der Waals surface area (Å²) in [5.41, 5.74) is 0. The Kier molecular flexibility index (Phi) is 42.7. The Morgan fingerprint density at radius 2 is 0.952 bits per heavy atom. The number of likely N-dealkylation sites (N-methyl/N-ethyl adjacent to an activating group) is 1. The van der Waals surface area contributed by atoms with E-state index < -0.39 is 32.5 Å². The fourth-order valence-corrected chi connectivity index (χ4v) is 7.69. The zero-order valence-electron chi connectivity index (χ0n) is 40.9. The molecule has 10 heteroatoms. The maximum atomic E-state index is 12.7. The summed E-state index contributed by atoms with van der Waals surface area (Å²) in [5, 5.41) is 0. The Morgan fingerprint density at radius 3 is 1.42 bits per heavy atom. The number of allylic oxidation sites excluding steroid dienone is 7. The number of quaternary nitrogens is 1. The van der Waals surface area contributed by atoms with Gasteiger partial charge in [0.2, 0.25) is 0 Å². The molecule has 0 heterocycles. The SMILES string of the molecule is CCCCCCCCCCCCC/C=C/C=C/C(=O)OC[C@H](COP(=O)(O)OCC[N+](C)(C)C)OC(=O)CCC/C=C/CC/C=C/CCCCCCCCCCCCCCCC. The van der Waals surface area contributed by atoms with Gasteiger partial charge in [-0.05, 0) is 51.4 Å². The Morgan fingerprint density at radius 1 is 0.532 bits per heavy atom. The molecule has 0 fully saturated rings. The first-order valence-electron chi connectivity index (χ1n) is 25.4. The van der Waals surface area contributed by atoms with Gasteiger partial charge in [0.1, 0.15) is 19.8 Å². The molecule has 0 aliphatic rings. The van der Waals surface area contributed by atoms with E-state index >= 15 is 0 Å². The van der Waals surface area contributed by atoms with E-state index in [1.165, 1.54) is 160 Å². The van der Waals surface area contributed by atoms with Crippen LogP contribution in [0.15, 0.2) is 48.6 Å². The summed E-state index contributed by atoms with van der Waals surface area (Å²) in [6, 6.07) is 0. The lowest BCUT2D eigenvalue weighted by atomic mass is 10.0. The molecule has 0 aliphatic heterocycles. The highest BCUT2D eigenvalue weighted by molar-refractivity contribution is 7.47. The third-order valence-electron chi connectivity index (χ3n) is 10.9. The minimum Gasteiger partial charge on any atom is -0.458 e. The molecular weight excluding hydrogens is 798 g/mol. The zero-order valence-corrected chi connectivity index (χ0v) is 41.7. The molecule has 0 aromatic carbocycles. The van der Waals surface area contributed by atoms with Crippen LogP contribution in [-0.2, 0) is 32.7 Å². The number of hydrogen-bond donors (Lipinski definition) is 1. The number of carbonyl (C=O) groups is 2. The molecule has 0 saturated carbocycles. The van der Waals surface area contributed by atoms with Gasteiger partial charge in [-0.3, -0.25) is 13.8 Å². The third-order valence-corrected chi connectivity index (χ3v) is 11.9. The number of phosphoric ester groups is 1. The topological polar surface area (TPSA) is 108 Å². The zero-order chi connectivity index (χ0) is 45.7.